The first-order valence-corrected chi connectivity index (χ1v) is 6.02. The lowest BCUT2D eigenvalue weighted by Gasteiger charge is -2.05. The van der Waals surface area contributed by atoms with E-state index in [9.17, 15) is 0 Å². The van der Waals surface area contributed by atoms with Gasteiger partial charge in [0.1, 0.15) is 23.7 Å². The number of nitrogens with one attached hydrogen (secondary N) is 1. The Bertz CT molecular complexity index is 659. The molecule has 2 aromatic rings. The van der Waals surface area contributed by atoms with Crippen LogP contribution in [-0.2, 0) is 13.0 Å². The molecule has 4 nitrogen and oxygen atoms in total. The number of hydrogen-bond acceptors (Lipinski definition) is 4. The van der Waals surface area contributed by atoms with Gasteiger partial charge in [0.05, 0.1) is 17.7 Å². The number of aryl methyl sites for hydroxylation is 1. The van der Waals surface area contributed by atoms with Gasteiger partial charge in [0.15, 0.2) is 0 Å². The Morgan fingerprint density at radius 1 is 1.05 bits per heavy atom. The fourth-order valence-corrected chi connectivity index (χ4v) is 1.74. The van der Waals surface area contributed by atoms with E-state index in [0.29, 0.717) is 17.7 Å². The number of rotatable bonds is 4. The maximum Gasteiger partial charge on any atom is 0.123 e. The van der Waals surface area contributed by atoms with Crippen LogP contribution in [0.3, 0.4) is 0 Å². The zero-order valence-electron chi connectivity index (χ0n) is 10.6. The molecule has 19 heavy (non-hydrogen) atoms. The Balaban J connectivity index is 2.08. The molecule has 1 heterocycles. The third-order valence-electron chi connectivity index (χ3n) is 2.79. The highest BCUT2D eigenvalue weighted by Gasteiger charge is 2.04. The molecule has 2 rings (SSSR count). The zero-order valence-corrected chi connectivity index (χ0v) is 10.6. The summed E-state index contributed by atoms with van der Waals surface area (Å²) in [6.45, 7) is 2.59. The number of anilines is 1. The second kappa shape index (κ2) is 5.75. The van der Waals surface area contributed by atoms with Crippen LogP contribution in [0.4, 0.5) is 5.69 Å². The van der Waals surface area contributed by atoms with Gasteiger partial charge in [0.2, 0.25) is 0 Å². The van der Waals surface area contributed by atoms with Crippen molar-refractivity contribution in [1.82, 2.24) is 0 Å². The van der Waals surface area contributed by atoms with Crippen molar-refractivity contribution in [2.45, 2.75) is 19.9 Å². The van der Waals surface area contributed by atoms with Crippen LogP contribution >= 0.6 is 0 Å². The smallest absolute Gasteiger partial charge is 0.123 e. The molecular weight excluding hydrogens is 238 g/mol. The minimum Gasteiger partial charge on any atom is -0.464 e. The molecule has 0 saturated carbocycles. The average Bonchev–Trinajstić information content (AvgIpc) is 2.92. The third kappa shape index (κ3) is 2.94. The first-order valence-electron chi connectivity index (χ1n) is 6.02. The van der Waals surface area contributed by atoms with E-state index in [1.807, 2.05) is 31.2 Å². The van der Waals surface area contributed by atoms with Crippen LogP contribution in [0.1, 0.15) is 29.6 Å². The van der Waals surface area contributed by atoms with Crippen molar-refractivity contribution < 1.29 is 4.42 Å². The van der Waals surface area contributed by atoms with Gasteiger partial charge in [-0.05, 0) is 30.3 Å². The van der Waals surface area contributed by atoms with Gasteiger partial charge in [0, 0.05) is 12.1 Å². The molecule has 0 unspecified atom stereocenters. The van der Waals surface area contributed by atoms with Gasteiger partial charge in [-0.3, -0.25) is 0 Å². The van der Waals surface area contributed by atoms with Crippen molar-refractivity contribution in [1.29, 1.82) is 10.5 Å². The van der Waals surface area contributed by atoms with Gasteiger partial charge in [0.25, 0.3) is 0 Å². The van der Waals surface area contributed by atoms with Crippen LogP contribution in [-0.4, -0.2) is 0 Å². The molecule has 0 aliphatic carbocycles. The molecule has 94 valence electrons. The van der Waals surface area contributed by atoms with Crippen LogP contribution in [0.2, 0.25) is 0 Å². The SMILES string of the molecule is CCc1ccc(CNc2ccc(C#N)c(C#N)c2)o1. The monoisotopic (exact) mass is 251 g/mol. The fraction of sp³-hybridized carbons (Fsp3) is 0.200. The summed E-state index contributed by atoms with van der Waals surface area (Å²) in [4.78, 5) is 0. The summed E-state index contributed by atoms with van der Waals surface area (Å²) in [5, 5.41) is 21.0. The van der Waals surface area contributed by atoms with Gasteiger partial charge in [-0.25, -0.2) is 0 Å². The number of benzene rings is 1. The number of nitriles is 2. The molecule has 0 amide bonds. The highest BCUT2D eigenvalue weighted by atomic mass is 16.3. The van der Waals surface area contributed by atoms with Crippen molar-refractivity contribution in [2.24, 2.45) is 0 Å². The second-order valence-electron chi connectivity index (χ2n) is 4.06. The average molecular weight is 251 g/mol. The number of furan rings is 1. The molecule has 0 radical (unpaired) electrons. The van der Waals surface area contributed by atoms with Crippen LogP contribution in [0.5, 0.6) is 0 Å². The van der Waals surface area contributed by atoms with E-state index in [0.717, 1.165) is 23.6 Å². The topological polar surface area (TPSA) is 72.8 Å². The molecule has 1 aromatic heterocycles. The molecule has 0 aliphatic rings. The Kier molecular flexibility index (Phi) is 3.85. The summed E-state index contributed by atoms with van der Waals surface area (Å²) in [6, 6.07) is 13.0. The molecule has 0 saturated heterocycles. The summed E-state index contributed by atoms with van der Waals surface area (Å²) in [5.74, 6) is 1.80. The standard InChI is InChI=1S/C15H13N3O/c1-2-14-5-6-15(19-14)10-18-13-4-3-11(8-16)12(7-13)9-17/h3-7,18H,2,10H2,1H3. The lowest BCUT2D eigenvalue weighted by Crippen LogP contribution is -1.99. The van der Waals surface area contributed by atoms with E-state index in [1.165, 1.54) is 0 Å². The summed E-state index contributed by atoms with van der Waals surface area (Å²) in [5.41, 5.74) is 1.56. The van der Waals surface area contributed by atoms with Crippen molar-refractivity contribution in [3.8, 4) is 12.1 Å². The summed E-state index contributed by atoms with van der Waals surface area (Å²) in [6.07, 6.45) is 0.870. The number of nitrogens with zero attached hydrogens (tertiary/aromatic N) is 2. The molecule has 0 atom stereocenters. The first-order chi connectivity index (χ1) is 9.26. The molecule has 0 spiro atoms. The quantitative estimate of drug-likeness (QED) is 0.905. The van der Waals surface area contributed by atoms with E-state index in [4.69, 9.17) is 14.9 Å². The maximum atomic E-state index is 8.95. The highest BCUT2D eigenvalue weighted by molar-refractivity contribution is 5.56. The largest absolute Gasteiger partial charge is 0.464 e. The molecule has 4 heteroatoms. The Morgan fingerprint density at radius 3 is 2.42 bits per heavy atom. The van der Waals surface area contributed by atoms with E-state index >= 15 is 0 Å². The van der Waals surface area contributed by atoms with Crippen molar-refractivity contribution in [3.05, 3.63) is 53.0 Å². The van der Waals surface area contributed by atoms with Crippen LogP contribution in [0, 0.1) is 22.7 Å². The highest BCUT2D eigenvalue weighted by Crippen LogP contribution is 2.16. The van der Waals surface area contributed by atoms with E-state index < -0.39 is 0 Å². The summed E-state index contributed by atoms with van der Waals surface area (Å²) in [7, 11) is 0. The predicted molar refractivity (Wildman–Crippen MR) is 71.3 cm³/mol. The van der Waals surface area contributed by atoms with Crippen molar-refractivity contribution >= 4 is 5.69 Å². The van der Waals surface area contributed by atoms with E-state index in [1.54, 1.807) is 18.2 Å². The Morgan fingerprint density at radius 2 is 1.79 bits per heavy atom. The lowest BCUT2D eigenvalue weighted by molar-refractivity contribution is 0.476. The predicted octanol–water partition coefficient (Wildman–Crippen LogP) is 3.20. The Hall–Kier alpha value is -2.72. The molecule has 0 bridgehead atoms. The molecule has 1 aromatic carbocycles. The fourth-order valence-electron chi connectivity index (χ4n) is 1.74. The van der Waals surface area contributed by atoms with Gasteiger partial charge < -0.3 is 9.73 Å². The van der Waals surface area contributed by atoms with Crippen LogP contribution in [0.15, 0.2) is 34.7 Å². The zero-order chi connectivity index (χ0) is 13.7. The van der Waals surface area contributed by atoms with Gasteiger partial charge in [-0.15, -0.1) is 0 Å². The summed E-state index contributed by atoms with van der Waals surface area (Å²) < 4.78 is 5.58. The number of hydrogen-bond donors (Lipinski definition) is 1. The van der Waals surface area contributed by atoms with E-state index in [-0.39, 0.29) is 0 Å². The maximum absolute atomic E-state index is 8.95. The van der Waals surface area contributed by atoms with Crippen molar-refractivity contribution in [2.75, 3.05) is 5.32 Å². The van der Waals surface area contributed by atoms with Gasteiger partial charge in [-0.1, -0.05) is 6.92 Å². The van der Waals surface area contributed by atoms with Crippen LogP contribution in [0.25, 0.3) is 0 Å². The van der Waals surface area contributed by atoms with Gasteiger partial charge in [-0.2, -0.15) is 10.5 Å². The molecule has 1 N–H and O–H groups in total. The lowest BCUT2D eigenvalue weighted by atomic mass is 10.1. The van der Waals surface area contributed by atoms with Gasteiger partial charge >= 0.3 is 0 Å². The Labute approximate surface area is 111 Å². The third-order valence-corrected chi connectivity index (χ3v) is 2.79. The minimum absolute atomic E-state index is 0.376. The molecule has 0 aliphatic heterocycles. The molecular formula is C15H13N3O. The first kappa shape index (κ1) is 12.7. The van der Waals surface area contributed by atoms with Crippen molar-refractivity contribution in [3.63, 3.8) is 0 Å². The van der Waals surface area contributed by atoms with Crippen LogP contribution < -0.4 is 5.32 Å². The minimum atomic E-state index is 0.376. The second-order valence-corrected chi connectivity index (χ2v) is 4.06. The summed E-state index contributed by atoms with van der Waals surface area (Å²) >= 11 is 0. The van der Waals surface area contributed by atoms with E-state index in [2.05, 4.69) is 5.32 Å². The normalized spacial score (nSPS) is 9.63. The molecule has 0 fully saturated rings.